The zero-order chi connectivity index (χ0) is 14.8. The summed E-state index contributed by atoms with van der Waals surface area (Å²) in [4.78, 5) is 15.2. The summed E-state index contributed by atoms with van der Waals surface area (Å²) >= 11 is 7.42. The number of aromatic hydroxyl groups is 1. The number of hydrogen-bond acceptors (Lipinski definition) is 4. The lowest BCUT2D eigenvalue weighted by atomic mass is 10.2. The van der Waals surface area contributed by atoms with Gasteiger partial charge in [0.15, 0.2) is 5.75 Å². The molecule has 1 aromatic heterocycles. The Labute approximate surface area is 131 Å². The maximum Gasteiger partial charge on any atom is 0.267 e. The molecule has 1 aliphatic heterocycles. The van der Waals surface area contributed by atoms with Crippen molar-refractivity contribution in [3.05, 3.63) is 40.2 Å². The fourth-order valence-electron chi connectivity index (χ4n) is 2.23. The van der Waals surface area contributed by atoms with Crippen LogP contribution >= 0.6 is 22.9 Å². The number of ether oxygens (including phenoxy) is 1. The van der Waals surface area contributed by atoms with Gasteiger partial charge in [-0.2, -0.15) is 0 Å². The summed E-state index contributed by atoms with van der Waals surface area (Å²) in [6.07, 6.45) is 0. The molecular weight excluding hydrogens is 310 g/mol. The van der Waals surface area contributed by atoms with E-state index in [1.807, 2.05) is 30.3 Å². The zero-order valence-electron chi connectivity index (χ0n) is 11.2. The molecule has 1 aliphatic rings. The van der Waals surface area contributed by atoms with Crippen LogP contribution in [-0.4, -0.2) is 42.2 Å². The van der Waals surface area contributed by atoms with Gasteiger partial charge >= 0.3 is 0 Å². The molecule has 0 unspecified atom stereocenters. The first-order chi connectivity index (χ1) is 10.2. The molecule has 1 fully saturated rings. The second-order valence-electron chi connectivity index (χ2n) is 4.69. The normalized spacial score (nSPS) is 15.2. The first kappa shape index (κ1) is 14.4. The van der Waals surface area contributed by atoms with E-state index in [9.17, 15) is 9.90 Å². The van der Waals surface area contributed by atoms with Crippen molar-refractivity contribution in [3.8, 4) is 16.2 Å². The number of nitrogens with zero attached hydrogens (tertiary/aromatic N) is 1. The van der Waals surface area contributed by atoms with Crippen LogP contribution in [0.3, 0.4) is 0 Å². The molecule has 0 saturated carbocycles. The second kappa shape index (κ2) is 6.05. The molecule has 110 valence electrons. The van der Waals surface area contributed by atoms with Gasteiger partial charge in [0.2, 0.25) is 0 Å². The molecule has 4 nitrogen and oxygen atoms in total. The van der Waals surface area contributed by atoms with Crippen LogP contribution in [0.5, 0.6) is 5.75 Å². The van der Waals surface area contributed by atoms with E-state index in [4.69, 9.17) is 16.3 Å². The fourth-order valence-corrected chi connectivity index (χ4v) is 3.67. The monoisotopic (exact) mass is 323 g/mol. The minimum absolute atomic E-state index is 0.128. The largest absolute Gasteiger partial charge is 0.505 e. The summed E-state index contributed by atoms with van der Waals surface area (Å²) in [6, 6.07) is 9.50. The van der Waals surface area contributed by atoms with Gasteiger partial charge in [-0.15, -0.1) is 11.3 Å². The van der Waals surface area contributed by atoms with E-state index in [-0.39, 0.29) is 16.7 Å². The first-order valence-electron chi connectivity index (χ1n) is 6.62. The van der Waals surface area contributed by atoms with Crippen LogP contribution in [0.15, 0.2) is 30.3 Å². The Morgan fingerprint density at radius 3 is 2.57 bits per heavy atom. The van der Waals surface area contributed by atoms with E-state index in [2.05, 4.69) is 0 Å². The van der Waals surface area contributed by atoms with Gasteiger partial charge in [0.1, 0.15) is 9.90 Å². The highest BCUT2D eigenvalue weighted by atomic mass is 35.5. The van der Waals surface area contributed by atoms with E-state index in [0.717, 1.165) is 5.56 Å². The molecule has 6 heteroatoms. The SMILES string of the molecule is O=C(c1sc(-c2ccccc2)c(Cl)c1O)N1CCOCC1. The Kier molecular flexibility index (Phi) is 4.14. The Hall–Kier alpha value is -1.56. The second-order valence-corrected chi connectivity index (χ2v) is 6.09. The van der Waals surface area contributed by atoms with E-state index >= 15 is 0 Å². The average molecular weight is 324 g/mol. The number of hydrogen-bond donors (Lipinski definition) is 1. The predicted octanol–water partition coefficient (Wildman–Crippen LogP) is 3.25. The van der Waals surface area contributed by atoms with Gasteiger partial charge in [-0.3, -0.25) is 4.79 Å². The molecule has 0 atom stereocenters. The lowest BCUT2D eigenvalue weighted by molar-refractivity contribution is 0.0304. The van der Waals surface area contributed by atoms with Crippen LogP contribution in [0, 0.1) is 0 Å². The van der Waals surface area contributed by atoms with Crippen molar-refractivity contribution in [1.82, 2.24) is 4.90 Å². The van der Waals surface area contributed by atoms with Gasteiger partial charge in [0.05, 0.1) is 18.1 Å². The Bertz CT molecular complexity index is 650. The number of carbonyl (C=O) groups is 1. The molecule has 0 bridgehead atoms. The highest BCUT2D eigenvalue weighted by Crippen LogP contribution is 2.45. The Balaban J connectivity index is 1.95. The Morgan fingerprint density at radius 1 is 1.24 bits per heavy atom. The summed E-state index contributed by atoms with van der Waals surface area (Å²) < 4.78 is 5.24. The standard InChI is InChI=1S/C15H14ClNO3S/c16-11-12(18)14(15(19)17-6-8-20-9-7-17)21-13(11)10-4-2-1-3-5-10/h1-5,18H,6-9H2. The molecule has 0 spiro atoms. The van der Waals surface area contributed by atoms with Crippen molar-refractivity contribution < 1.29 is 14.6 Å². The number of thiophene rings is 1. The minimum atomic E-state index is -0.190. The van der Waals surface area contributed by atoms with Crippen molar-refractivity contribution in [3.63, 3.8) is 0 Å². The summed E-state index contributed by atoms with van der Waals surface area (Å²) in [5, 5.41) is 10.4. The molecule has 21 heavy (non-hydrogen) atoms. The number of carbonyl (C=O) groups excluding carboxylic acids is 1. The Morgan fingerprint density at radius 2 is 1.90 bits per heavy atom. The van der Waals surface area contributed by atoms with Gasteiger partial charge in [-0.1, -0.05) is 41.9 Å². The third kappa shape index (κ3) is 2.77. The van der Waals surface area contributed by atoms with Crippen molar-refractivity contribution in [2.24, 2.45) is 0 Å². The average Bonchev–Trinajstić information content (AvgIpc) is 2.84. The smallest absolute Gasteiger partial charge is 0.267 e. The van der Waals surface area contributed by atoms with Crippen LogP contribution in [-0.2, 0) is 4.74 Å². The van der Waals surface area contributed by atoms with Crippen molar-refractivity contribution in [1.29, 1.82) is 0 Å². The van der Waals surface area contributed by atoms with E-state index in [1.165, 1.54) is 11.3 Å². The number of amides is 1. The molecule has 3 rings (SSSR count). The molecule has 1 N–H and O–H groups in total. The van der Waals surface area contributed by atoms with Crippen molar-refractivity contribution in [2.75, 3.05) is 26.3 Å². The van der Waals surface area contributed by atoms with Crippen LogP contribution in [0.1, 0.15) is 9.67 Å². The van der Waals surface area contributed by atoms with E-state index < -0.39 is 0 Å². The van der Waals surface area contributed by atoms with Crippen LogP contribution in [0.4, 0.5) is 0 Å². The zero-order valence-corrected chi connectivity index (χ0v) is 12.8. The molecular formula is C15H14ClNO3S. The molecule has 1 saturated heterocycles. The van der Waals surface area contributed by atoms with Gasteiger partial charge in [-0.05, 0) is 5.56 Å². The predicted molar refractivity (Wildman–Crippen MR) is 83.2 cm³/mol. The first-order valence-corrected chi connectivity index (χ1v) is 7.81. The fraction of sp³-hybridized carbons (Fsp3) is 0.267. The number of morpholine rings is 1. The third-order valence-corrected chi connectivity index (χ3v) is 5.05. The van der Waals surface area contributed by atoms with Crippen molar-refractivity contribution in [2.45, 2.75) is 0 Å². The summed E-state index contributed by atoms with van der Waals surface area (Å²) in [5.41, 5.74) is 0.892. The van der Waals surface area contributed by atoms with Crippen LogP contribution in [0.25, 0.3) is 10.4 Å². The summed E-state index contributed by atoms with van der Waals surface area (Å²) in [7, 11) is 0. The molecule has 1 amide bonds. The lowest BCUT2D eigenvalue weighted by Crippen LogP contribution is -2.40. The van der Waals surface area contributed by atoms with Crippen LogP contribution < -0.4 is 0 Å². The van der Waals surface area contributed by atoms with Gasteiger partial charge in [0, 0.05) is 13.1 Å². The molecule has 2 aromatic rings. The number of halogens is 1. The van der Waals surface area contributed by atoms with Crippen LogP contribution in [0.2, 0.25) is 5.02 Å². The summed E-state index contributed by atoms with van der Waals surface area (Å²) in [5.74, 6) is -0.318. The number of rotatable bonds is 2. The highest BCUT2D eigenvalue weighted by Gasteiger charge is 2.27. The maximum atomic E-state index is 12.5. The molecule has 0 radical (unpaired) electrons. The molecule has 2 heterocycles. The van der Waals surface area contributed by atoms with Gasteiger partial charge in [-0.25, -0.2) is 0 Å². The maximum absolute atomic E-state index is 12.5. The highest BCUT2D eigenvalue weighted by molar-refractivity contribution is 7.18. The lowest BCUT2D eigenvalue weighted by Gasteiger charge is -2.26. The minimum Gasteiger partial charge on any atom is -0.505 e. The summed E-state index contributed by atoms with van der Waals surface area (Å²) in [6.45, 7) is 2.12. The van der Waals surface area contributed by atoms with Gasteiger partial charge < -0.3 is 14.7 Å². The van der Waals surface area contributed by atoms with E-state index in [1.54, 1.807) is 4.90 Å². The molecule has 0 aliphatic carbocycles. The third-order valence-electron chi connectivity index (χ3n) is 3.35. The van der Waals surface area contributed by atoms with Gasteiger partial charge in [0.25, 0.3) is 5.91 Å². The number of benzene rings is 1. The quantitative estimate of drug-likeness (QED) is 0.923. The van der Waals surface area contributed by atoms with Crippen molar-refractivity contribution >= 4 is 28.8 Å². The van der Waals surface area contributed by atoms with E-state index in [0.29, 0.717) is 36.1 Å². The topological polar surface area (TPSA) is 49.8 Å². The molecule has 1 aromatic carbocycles.